The molecule has 0 fully saturated rings. The molecule has 0 N–H and O–H groups in total. The second-order valence-electron chi connectivity index (χ2n) is 7.71. The monoisotopic (exact) mass is 476 g/mol. The average Bonchev–Trinajstić information content (AvgIpc) is 3.57. The van der Waals surface area contributed by atoms with Gasteiger partial charge in [-0.2, -0.15) is 5.10 Å². The van der Waals surface area contributed by atoms with Crippen LogP contribution in [0.15, 0.2) is 77.2 Å². The Balaban J connectivity index is 1.42. The molecule has 7 nitrogen and oxygen atoms in total. The molecule has 0 radical (unpaired) electrons. The van der Waals surface area contributed by atoms with Crippen LogP contribution in [-0.4, -0.2) is 42.1 Å². The standard InChI is InChI=1S/C26H24N2O5S/c1-32-20-11-9-19(10-12-20)22-16-21(18-6-3-2-4-7-18)27-28(22)25(30)17-33-26(31)14-13-23(29)24-8-5-15-34-24/h2-12,15,22H,13-14,16-17H2,1H3. The van der Waals surface area contributed by atoms with Crippen LogP contribution in [-0.2, 0) is 14.3 Å². The van der Waals surface area contributed by atoms with Crippen molar-refractivity contribution in [3.63, 3.8) is 0 Å². The average molecular weight is 477 g/mol. The van der Waals surface area contributed by atoms with Gasteiger partial charge in [-0.15, -0.1) is 11.3 Å². The summed E-state index contributed by atoms with van der Waals surface area (Å²) < 4.78 is 10.4. The van der Waals surface area contributed by atoms with Crippen molar-refractivity contribution in [1.29, 1.82) is 0 Å². The fraction of sp³-hybridized carbons (Fsp3) is 0.231. The highest BCUT2D eigenvalue weighted by molar-refractivity contribution is 7.12. The summed E-state index contributed by atoms with van der Waals surface area (Å²) in [6.45, 7) is -0.440. The lowest BCUT2D eigenvalue weighted by Crippen LogP contribution is -2.31. The Hall–Kier alpha value is -3.78. The van der Waals surface area contributed by atoms with Gasteiger partial charge in [0.2, 0.25) is 0 Å². The largest absolute Gasteiger partial charge is 0.497 e. The van der Waals surface area contributed by atoms with Crippen LogP contribution in [0.4, 0.5) is 0 Å². The second kappa shape index (κ2) is 10.9. The molecule has 2 heterocycles. The lowest BCUT2D eigenvalue weighted by atomic mass is 9.98. The van der Waals surface area contributed by atoms with Crippen LogP contribution in [0.2, 0.25) is 0 Å². The van der Waals surface area contributed by atoms with Gasteiger partial charge in [-0.25, -0.2) is 5.01 Å². The third-order valence-electron chi connectivity index (χ3n) is 5.48. The summed E-state index contributed by atoms with van der Waals surface area (Å²) in [6, 6.07) is 20.3. The summed E-state index contributed by atoms with van der Waals surface area (Å²) >= 11 is 1.33. The highest BCUT2D eigenvalue weighted by atomic mass is 32.1. The highest BCUT2D eigenvalue weighted by Gasteiger charge is 2.33. The van der Waals surface area contributed by atoms with Crippen LogP contribution < -0.4 is 4.74 Å². The SMILES string of the molecule is COc1ccc(C2CC(c3ccccc3)=NN2C(=O)COC(=O)CCC(=O)c2cccs2)cc1. The fourth-order valence-corrected chi connectivity index (χ4v) is 4.38. The van der Waals surface area contributed by atoms with Crippen LogP contribution in [0, 0.1) is 0 Å². The minimum atomic E-state index is -0.592. The minimum Gasteiger partial charge on any atom is -0.497 e. The van der Waals surface area contributed by atoms with Gasteiger partial charge in [-0.1, -0.05) is 48.5 Å². The van der Waals surface area contributed by atoms with E-state index in [4.69, 9.17) is 9.47 Å². The molecule has 0 spiro atoms. The molecule has 0 saturated carbocycles. The number of ether oxygens (including phenoxy) is 2. The normalized spacial score (nSPS) is 15.0. The molecule has 1 aliphatic rings. The summed E-state index contributed by atoms with van der Waals surface area (Å²) in [7, 11) is 1.60. The first kappa shape index (κ1) is 23.4. The van der Waals surface area contributed by atoms with Crippen LogP contribution in [0.5, 0.6) is 5.75 Å². The maximum Gasteiger partial charge on any atom is 0.306 e. The van der Waals surface area contributed by atoms with Crippen molar-refractivity contribution >= 4 is 34.7 Å². The molecular formula is C26H24N2O5S. The van der Waals surface area contributed by atoms with E-state index < -0.39 is 18.5 Å². The van der Waals surface area contributed by atoms with E-state index in [0.29, 0.717) is 11.3 Å². The topological polar surface area (TPSA) is 85.3 Å². The Morgan fingerprint density at radius 3 is 2.44 bits per heavy atom. The van der Waals surface area contributed by atoms with E-state index in [1.165, 1.54) is 16.3 Å². The van der Waals surface area contributed by atoms with Gasteiger partial charge in [-0.3, -0.25) is 14.4 Å². The smallest absolute Gasteiger partial charge is 0.306 e. The molecule has 8 heteroatoms. The zero-order chi connectivity index (χ0) is 23.9. The molecule has 0 aliphatic carbocycles. The predicted octanol–water partition coefficient (Wildman–Crippen LogP) is 4.64. The first-order valence-electron chi connectivity index (χ1n) is 10.9. The number of hydrogen-bond acceptors (Lipinski definition) is 7. The van der Waals surface area contributed by atoms with E-state index in [1.54, 1.807) is 19.2 Å². The molecule has 1 aliphatic heterocycles. The number of thiophene rings is 1. The molecule has 0 bridgehead atoms. The van der Waals surface area contributed by atoms with Gasteiger partial charge in [0.1, 0.15) is 5.75 Å². The van der Waals surface area contributed by atoms with Gasteiger partial charge in [0.15, 0.2) is 12.4 Å². The first-order chi connectivity index (χ1) is 16.5. The zero-order valence-corrected chi connectivity index (χ0v) is 19.5. The second-order valence-corrected chi connectivity index (χ2v) is 8.65. The number of amides is 1. The fourth-order valence-electron chi connectivity index (χ4n) is 3.69. The minimum absolute atomic E-state index is 0.0437. The number of benzene rings is 2. The number of methoxy groups -OCH3 is 1. The zero-order valence-electron chi connectivity index (χ0n) is 18.7. The van der Waals surface area contributed by atoms with Gasteiger partial charge in [0, 0.05) is 12.8 Å². The number of nitrogens with zero attached hydrogens (tertiary/aromatic N) is 2. The molecule has 1 aromatic heterocycles. The van der Waals surface area contributed by atoms with Crippen LogP contribution in [0.25, 0.3) is 0 Å². The predicted molar refractivity (Wildman–Crippen MR) is 129 cm³/mol. The van der Waals surface area contributed by atoms with Crippen molar-refractivity contribution in [2.45, 2.75) is 25.3 Å². The van der Waals surface area contributed by atoms with E-state index in [-0.39, 0.29) is 24.7 Å². The Labute approximate surface area is 201 Å². The van der Waals surface area contributed by atoms with Gasteiger partial charge in [0.05, 0.1) is 30.2 Å². The van der Waals surface area contributed by atoms with Crippen LogP contribution in [0.1, 0.15) is 46.1 Å². The van der Waals surface area contributed by atoms with Crippen molar-refractivity contribution in [3.8, 4) is 5.75 Å². The van der Waals surface area contributed by atoms with Gasteiger partial charge < -0.3 is 9.47 Å². The number of hydrogen-bond donors (Lipinski definition) is 0. The quantitative estimate of drug-likeness (QED) is 0.332. The van der Waals surface area contributed by atoms with Crippen molar-refractivity contribution in [2.24, 2.45) is 5.10 Å². The molecule has 1 atom stereocenters. The number of ketones is 1. The summed E-state index contributed by atoms with van der Waals surface area (Å²) in [6.07, 6.45) is 0.498. The molecule has 0 saturated heterocycles. The Morgan fingerprint density at radius 2 is 1.76 bits per heavy atom. The summed E-state index contributed by atoms with van der Waals surface area (Å²) in [5, 5.41) is 7.76. The molecule has 4 rings (SSSR count). The third kappa shape index (κ3) is 5.58. The van der Waals surface area contributed by atoms with Gasteiger partial charge >= 0.3 is 5.97 Å². The van der Waals surface area contributed by atoms with E-state index in [2.05, 4.69) is 5.10 Å². The number of rotatable bonds is 9. The molecule has 34 heavy (non-hydrogen) atoms. The lowest BCUT2D eigenvalue weighted by Gasteiger charge is -2.22. The number of hydrazone groups is 1. The van der Waals surface area contributed by atoms with Crippen molar-refractivity contribution in [3.05, 3.63) is 88.1 Å². The van der Waals surface area contributed by atoms with Gasteiger partial charge in [-0.05, 0) is 34.7 Å². The van der Waals surface area contributed by atoms with Gasteiger partial charge in [0.25, 0.3) is 5.91 Å². The number of esters is 1. The van der Waals surface area contributed by atoms with E-state index in [9.17, 15) is 14.4 Å². The number of carbonyl (C=O) groups excluding carboxylic acids is 3. The summed E-state index contributed by atoms with van der Waals surface area (Å²) in [5.41, 5.74) is 2.61. The molecule has 1 unspecified atom stereocenters. The number of carbonyl (C=O) groups is 3. The highest BCUT2D eigenvalue weighted by Crippen LogP contribution is 2.33. The maximum atomic E-state index is 13.0. The molecule has 2 aromatic carbocycles. The molecular weight excluding hydrogens is 452 g/mol. The van der Waals surface area contributed by atoms with E-state index >= 15 is 0 Å². The van der Waals surface area contributed by atoms with E-state index in [1.807, 2.05) is 60.0 Å². The summed E-state index contributed by atoms with van der Waals surface area (Å²) in [4.78, 5) is 37.8. The molecule has 174 valence electrons. The maximum absolute atomic E-state index is 13.0. The third-order valence-corrected chi connectivity index (χ3v) is 6.39. The first-order valence-corrected chi connectivity index (χ1v) is 11.7. The molecule has 3 aromatic rings. The van der Waals surface area contributed by atoms with E-state index in [0.717, 1.165) is 22.6 Å². The summed E-state index contributed by atoms with van der Waals surface area (Å²) in [5.74, 6) is -0.417. The van der Waals surface area contributed by atoms with Crippen LogP contribution >= 0.6 is 11.3 Å². The van der Waals surface area contributed by atoms with Crippen molar-refractivity contribution in [1.82, 2.24) is 5.01 Å². The number of Topliss-reactive ketones (excluding diaryl/α,β-unsaturated/α-hetero) is 1. The Kier molecular flexibility index (Phi) is 7.49. The van der Waals surface area contributed by atoms with Crippen LogP contribution in [0.3, 0.4) is 0 Å². The van der Waals surface area contributed by atoms with Crippen molar-refractivity contribution in [2.75, 3.05) is 13.7 Å². The lowest BCUT2D eigenvalue weighted by molar-refractivity contribution is -0.152. The van der Waals surface area contributed by atoms with Crippen molar-refractivity contribution < 1.29 is 23.9 Å². The Bertz CT molecular complexity index is 1170. The Morgan fingerprint density at radius 1 is 1.00 bits per heavy atom. The molecule has 1 amide bonds.